The average molecular weight is 769 g/mol. The number of hydrogen-bond acceptors (Lipinski definition) is 9. The maximum absolute atomic E-state index is 13.3. The molecule has 9 aliphatic rings. The Hall–Kier alpha value is -1.66. The molecule has 5 aliphatic carbocycles. The molecule has 9 fully saturated rings. The van der Waals surface area contributed by atoms with Crippen LogP contribution in [0.3, 0.4) is 0 Å². The van der Waals surface area contributed by atoms with Crippen molar-refractivity contribution in [2.45, 2.75) is 143 Å². The van der Waals surface area contributed by atoms with Crippen molar-refractivity contribution in [1.29, 1.82) is 0 Å². The minimum absolute atomic E-state index is 0.0251. The van der Waals surface area contributed by atoms with E-state index in [0.29, 0.717) is 30.3 Å². The van der Waals surface area contributed by atoms with E-state index in [1.54, 1.807) is 4.90 Å². The lowest BCUT2D eigenvalue weighted by atomic mass is 9.41. The smallest absolute Gasteiger partial charge is 0.410 e. The number of ether oxygens (including phenoxy) is 4. The molecule has 11 heteroatoms. The minimum Gasteiger partial charge on any atom is -0.446 e. The van der Waals surface area contributed by atoms with Crippen LogP contribution in [0, 0.1) is 56.7 Å². The topological polar surface area (TPSA) is 113 Å². The van der Waals surface area contributed by atoms with E-state index >= 15 is 0 Å². The van der Waals surface area contributed by atoms with E-state index in [0.717, 1.165) is 104 Å². The van der Waals surface area contributed by atoms with E-state index in [2.05, 4.69) is 63.6 Å². The molecule has 2 spiro atoms. The van der Waals surface area contributed by atoms with Crippen LogP contribution in [0.25, 0.3) is 0 Å². The maximum atomic E-state index is 13.3. The Labute approximate surface area is 330 Å². The van der Waals surface area contributed by atoms with Crippen molar-refractivity contribution in [2.75, 3.05) is 65.6 Å². The van der Waals surface area contributed by atoms with Crippen molar-refractivity contribution < 1.29 is 33.6 Å². The van der Waals surface area contributed by atoms with Crippen LogP contribution in [0.15, 0.2) is 0 Å². The number of piperazine rings is 1. The number of carbonyl (C=O) groups is 2. The largest absolute Gasteiger partial charge is 0.446 e. The second-order valence-electron chi connectivity index (χ2n) is 21.4. The molecule has 4 saturated heterocycles. The molecule has 0 aromatic rings. The van der Waals surface area contributed by atoms with Gasteiger partial charge < -0.3 is 34.3 Å². The third-order valence-corrected chi connectivity index (χ3v) is 18.6. The van der Waals surface area contributed by atoms with E-state index in [1.165, 1.54) is 12.8 Å². The fourth-order valence-corrected chi connectivity index (χ4v) is 15.3. The number of nitrogens with zero attached hydrogens (tertiary/aromatic N) is 3. The molecule has 5 saturated carbocycles. The second kappa shape index (κ2) is 13.7. The molecule has 13 atom stereocenters. The lowest BCUT2D eigenvalue weighted by Gasteiger charge is -2.63. The summed E-state index contributed by atoms with van der Waals surface area (Å²) in [5.74, 6) is 1.71. The zero-order chi connectivity index (χ0) is 38.7. The van der Waals surface area contributed by atoms with Crippen molar-refractivity contribution in [2.24, 2.45) is 56.7 Å². The zero-order valence-corrected chi connectivity index (χ0v) is 35.0. The van der Waals surface area contributed by atoms with Crippen LogP contribution in [0.2, 0.25) is 0 Å². The Morgan fingerprint density at radius 2 is 1.64 bits per heavy atom. The molecular weight excluding hydrogens is 697 g/mol. The van der Waals surface area contributed by atoms with E-state index in [4.69, 9.17) is 18.9 Å². The third kappa shape index (κ3) is 5.72. The Morgan fingerprint density at radius 1 is 0.927 bits per heavy atom. The van der Waals surface area contributed by atoms with E-state index in [9.17, 15) is 14.7 Å². The number of amides is 2. The van der Waals surface area contributed by atoms with Crippen LogP contribution < -0.4 is 5.32 Å². The molecule has 0 aromatic heterocycles. The van der Waals surface area contributed by atoms with Gasteiger partial charge >= 0.3 is 12.2 Å². The van der Waals surface area contributed by atoms with Crippen LogP contribution in [-0.4, -0.2) is 134 Å². The molecule has 2 amide bonds. The summed E-state index contributed by atoms with van der Waals surface area (Å²) in [6.45, 7) is 25.3. The molecule has 4 aliphatic heterocycles. The molecule has 310 valence electrons. The lowest BCUT2D eigenvalue weighted by molar-refractivity contribution is -0.185. The predicted molar refractivity (Wildman–Crippen MR) is 208 cm³/mol. The number of aliphatic hydroxyl groups is 1. The van der Waals surface area contributed by atoms with Gasteiger partial charge in [-0.1, -0.05) is 48.5 Å². The summed E-state index contributed by atoms with van der Waals surface area (Å²) in [7, 11) is 0. The highest BCUT2D eigenvalue weighted by atomic mass is 16.6. The summed E-state index contributed by atoms with van der Waals surface area (Å²) in [5.41, 5.74) is 0.0940. The predicted octanol–water partition coefficient (Wildman–Crippen LogP) is 5.78. The summed E-state index contributed by atoms with van der Waals surface area (Å²) in [5, 5.41) is 15.8. The van der Waals surface area contributed by atoms with Gasteiger partial charge in [0.25, 0.3) is 0 Å². The highest BCUT2D eigenvalue weighted by molar-refractivity contribution is 5.68. The van der Waals surface area contributed by atoms with Crippen molar-refractivity contribution in [3.05, 3.63) is 0 Å². The fourth-order valence-electron chi connectivity index (χ4n) is 15.3. The molecule has 0 radical (unpaired) electrons. The van der Waals surface area contributed by atoms with E-state index < -0.39 is 6.10 Å². The third-order valence-electron chi connectivity index (χ3n) is 18.6. The van der Waals surface area contributed by atoms with Crippen molar-refractivity contribution in [3.8, 4) is 0 Å². The molecular formula is C44H72N4O7. The van der Waals surface area contributed by atoms with Crippen LogP contribution in [0.5, 0.6) is 0 Å². The van der Waals surface area contributed by atoms with Gasteiger partial charge in [0.2, 0.25) is 0 Å². The van der Waals surface area contributed by atoms with Gasteiger partial charge in [-0.05, 0) is 104 Å². The Bertz CT molecular complexity index is 1480. The number of aliphatic hydroxyl groups excluding tert-OH is 1. The number of nitrogens with one attached hydrogen (secondary N) is 1. The zero-order valence-electron chi connectivity index (χ0n) is 35.0. The first kappa shape index (κ1) is 38.8. The molecule has 0 aromatic carbocycles. The van der Waals surface area contributed by atoms with Gasteiger partial charge in [-0.15, -0.1) is 0 Å². The van der Waals surface area contributed by atoms with Crippen molar-refractivity contribution >= 4 is 12.2 Å². The van der Waals surface area contributed by atoms with Gasteiger partial charge in [-0.2, -0.15) is 0 Å². The maximum Gasteiger partial charge on any atom is 0.410 e. The number of alkyl carbamates (subject to hydrolysis) is 1. The molecule has 55 heavy (non-hydrogen) atoms. The summed E-state index contributed by atoms with van der Waals surface area (Å²) in [4.78, 5) is 33.0. The number of carbonyl (C=O) groups excluding carboxylic acids is 2. The molecule has 4 heterocycles. The average Bonchev–Trinajstić information content (AvgIpc) is 3.72. The monoisotopic (exact) mass is 769 g/mol. The SMILES string of the molecule is CC(C)[C@@H](OC(=O)N1CCC1)[C@H]1C[C@@H](C)[C@H]2[C@H](O1)[C@H](O)[C@@]1(C)[C@@H]3CC[C@H]4C(C)(C)[C@@H](OC(=O)NCCN5CCN(C6COC6)CC5)CC[C@@]45CC35CC[C@]21C. The number of likely N-dealkylation sites (tertiary alicyclic amines) is 1. The first-order valence-corrected chi connectivity index (χ1v) is 22.4. The quantitative estimate of drug-likeness (QED) is 0.318. The molecule has 1 unspecified atom stereocenters. The summed E-state index contributed by atoms with van der Waals surface area (Å²) in [6.07, 6.45) is 7.81. The molecule has 0 bridgehead atoms. The standard InChI is InChI=1S/C44H72N4O7/c1-27(2)35(55-39(51)48-16-8-17-48)30-23-28(3)34-36(53-30)37(49)42(7)32-10-9-31-40(4,5)33(11-12-43(31)26-44(32,43)14-13-41(34,42)6)54-38(50)45-15-18-46-19-21-47(22-20-46)29-24-52-25-29/h27-37,49H,8-26H2,1-7H3,(H,45,50)/t28-,30-,31+,32+,33+,34+,35-,36+,37+,41-,42-,43-,44?/m1/s1. The normalized spacial score (nSPS) is 46.8. The molecule has 11 nitrogen and oxygen atoms in total. The fraction of sp³-hybridized carbons (Fsp3) is 0.955. The Kier molecular flexibility index (Phi) is 9.68. The van der Waals surface area contributed by atoms with Crippen LogP contribution in [0.4, 0.5) is 9.59 Å². The van der Waals surface area contributed by atoms with E-state index in [1.807, 2.05) is 0 Å². The van der Waals surface area contributed by atoms with Gasteiger partial charge in [-0.25, -0.2) is 9.59 Å². The molecule has 2 N–H and O–H groups in total. The number of rotatable bonds is 8. The molecule has 9 rings (SSSR count). The second-order valence-corrected chi connectivity index (χ2v) is 21.4. The van der Waals surface area contributed by atoms with Gasteiger partial charge in [0, 0.05) is 63.2 Å². The van der Waals surface area contributed by atoms with Crippen LogP contribution >= 0.6 is 0 Å². The van der Waals surface area contributed by atoms with Gasteiger partial charge in [0.15, 0.2) is 0 Å². The van der Waals surface area contributed by atoms with E-state index in [-0.39, 0.29) is 75.5 Å². The van der Waals surface area contributed by atoms with Gasteiger partial charge in [0.05, 0.1) is 37.6 Å². The first-order chi connectivity index (χ1) is 26.2. The van der Waals surface area contributed by atoms with Crippen molar-refractivity contribution in [3.63, 3.8) is 0 Å². The summed E-state index contributed by atoms with van der Waals surface area (Å²) >= 11 is 0. The first-order valence-electron chi connectivity index (χ1n) is 22.4. The highest BCUT2D eigenvalue weighted by Crippen LogP contribution is 2.89. The lowest BCUT2D eigenvalue weighted by Crippen LogP contribution is -2.60. The minimum atomic E-state index is -0.555. The number of fused-ring (bicyclic) bond motifs is 4. The van der Waals surface area contributed by atoms with Crippen molar-refractivity contribution in [1.82, 2.24) is 20.0 Å². The summed E-state index contributed by atoms with van der Waals surface area (Å²) in [6, 6.07) is 0.596. The van der Waals surface area contributed by atoms with Gasteiger partial charge in [0.1, 0.15) is 12.2 Å². The summed E-state index contributed by atoms with van der Waals surface area (Å²) < 4.78 is 24.9. The number of hydrogen-bond donors (Lipinski definition) is 2. The Balaban J connectivity index is 0.849. The van der Waals surface area contributed by atoms with Crippen LogP contribution in [0.1, 0.15) is 106 Å². The highest BCUT2D eigenvalue weighted by Gasteiger charge is 2.84. The Morgan fingerprint density at radius 3 is 2.29 bits per heavy atom. The van der Waals surface area contributed by atoms with Crippen LogP contribution in [-0.2, 0) is 18.9 Å². The van der Waals surface area contributed by atoms with Gasteiger partial charge in [-0.3, -0.25) is 9.80 Å².